The number of benzene rings is 2. The van der Waals surface area contributed by atoms with Gasteiger partial charge in [0.1, 0.15) is 0 Å². The van der Waals surface area contributed by atoms with Crippen molar-refractivity contribution >= 4 is 15.4 Å². The summed E-state index contributed by atoms with van der Waals surface area (Å²) in [6.07, 6.45) is 3.24. The van der Waals surface area contributed by atoms with Crippen LogP contribution in [0, 0.1) is 12.8 Å². The van der Waals surface area contributed by atoms with Crippen LogP contribution in [-0.2, 0) is 9.73 Å². The van der Waals surface area contributed by atoms with E-state index in [1.807, 2.05) is 61.5 Å². The van der Waals surface area contributed by atoms with E-state index in [0.29, 0.717) is 0 Å². The zero-order valence-electron chi connectivity index (χ0n) is 12.2. The van der Waals surface area contributed by atoms with E-state index in [1.54, 1.807) is 0 Å². The second-order valence-corrected chi connectivity index (χ2v) is 9.00. The Kier molecular flexibility index (Phi) is 2.77. The van der Waals surface area contributed by atoms with E-state index in [2.05, 4.69) is 0 Å². The monoisotopic (exact) mass is 297 g/mol. The smallest absolute Gasteiger partial charge is 0.0859 e. The SMILES string of the molecule is Cc1cccc(N=S(=O)(c2ccccc2)C23CC(C2)C3)c1. The normalized spacial score (nSPS) is 28.9. The largest absolute Gasteiger partial charge is 0.244 e. The highest BCUT2D eigenvalue weighted by molar-refractivity contribution is 7.95. The average Bonchev–Trinajstić information content (AvgIpc) is 2.36. The number of hydrogen-bond acceptors (Lipinski definition) is 2. The lowest BCUT2D eigenvalue weighted by Crippen LogP contribution is -2.62. The summed E-state index contributed by atoms with van der Waals surface area (Å²) in [6, 6.07) is 17.9. The van der Waals surface area contributed by atoms with E-state index in [0.717, 1.165) is 41.3 Å². The number of aryl methyl sites for hydroxylation is 1. The fourth-order valence-electron chi connectivity index (χ4n) is 3.58. The lowest BCUT2D eigenvalue weighted by Gasteiger charge is -2.62. The summed E-state index contributed by atoms with van der Waals surface area (Å²) in [4.78, 5) is 0.893. The molecule has 3 saturated carbocycles. The number of hydrogen-bond donors (Lipinski definition) is 0. The summed E-state index contributed by atoms with van der Waals surface area (Å²) in [5.41, 5.74) is 2.00. The number of nitrogens with zero attached hydrogens (tertiary/aromatic N) is 1. The van der Waals surface area contributed by atoms with Crippen molar-refractivity contribution in [3.8, 4) is 0 Å². The molecule has 0 saturated heterocycles. The van der Waals surface area contributed by atoms with Crippen molar-refractivity contribution < 1.29 is 4.21 Å². The van der Waals surface area contributed by atoms with E-state index in [4.69, 9.17) is 4.36 Å². The summed E-state index contributed by atoms with van der Waals surface area (Å²) in [6.45, 7) is 2.05. The first-order valence-electron chi connectivity index (χ1n) is 7.50. The Morgan fingerprint density at radius 2 is 1.76 bits per heavy atom. The molecule has 0 heterocycles. The molecular weight excluding hydrogens is 278 g/mol. The van der Waals surface area contributed by atoms with Gasteiger partial charge in [0.2, 0.25) is 0 Å². The molecule has 108 valence electrons. The fraction of sp³-hybridized carbons (Fsp3) is 0.333. The van der Waals surface area contributed by atoms with Gasteiger partial charge in [0, 0.05) is 4.90 Å². The van der Waals surface area contributed by atoms with Crippen LogP contribution >= 0.6 is 0 Å². The Hall–Kier alpha value is -1.61. The molecule has 0 N–H and O–H groups in total. The van der Waals surface area contributed by atoms with E-state index < -0.39 is 9.73 Å². The molecule has 2 aromatic carbocycles. The first kappa shape index (κ1) is 13.1. The van der Waals surface area contributed by atoms with Crippen LogP contribution in [0.15, 0.2) is 63.9 Å². The summed E-state index contributed by atoms with van der Waals surface area (Å²) in [5, 5.41) is 0. The molecule has 1 atom stereocenters. The fourth-order valence-corrected chi connectivity index (χ4v) is 6.70. The van der Waals surface area contributed by atoms with Gasteiger partial charge in [0.15, 0.2) is 0 Å². The van der Waals surface area contributed by atoms with Gasteiger partial charge in [-0.3, -0.25) is 0 Å². The van der Waals surface area contributed by atoms with Gasteiger partial charge >= 0.3 is 0 Å². The topological polar surface area (TPSA) is 29.4 Å². The molecule has 1 unspecified atom stereocenters. The molecule has 2 aromatic rings. The van der Waals surface area contributed by atoms with Crippen molar-refractivity contribution in [3.05, 3.63) is 60.2 Å². The Labute approximate surface area is 126 Å². The van der Waals surface area contributed by atoms with Gasteiger partial charge < -0.3 is 0 Å². The van der Waals surface area contributed by atoms with E-state index in [1.165, 1.54) is 0 Å². The second-order valence-electron chi connectivity index (χ2n) is 6.43. The van der Waals surface area contributed by atoms with Gasteiger partial charge in [-0.25, -0.2) is 4.21 Å². The molecule has 0 aromatic heterocycles. The molecular formula is C18H19NOS. The van der Waals surface area contributed by atoms with Gasteiger partial charge in [-0.05, 0) is 61.9 Å². The van der Waals surface area contributed by atoms with Crippen LogP contribution in [0.25, 0.3) is 0 Å². The van der Waals surface area contributed by atoms with Crippen LogP contribution < -0.4 is 0 Å². The summed E-state index contributed by atoms with van der Waals surface area (Å²) in [7, 11) is -2.39. The van der Waals surface area contributed by atoms with Crippen molar-refractivity contribution in [2.45, 2.75) is 35.8 Å². The highest BCUT2D eigenvalue weighted by Gasteiger charge is 2.63. The van der Waals surface area contributed by atoms with Crippen molar-refractivity contribution in [1.29, 1.82) is 0 Å². The Balaban J connectivity index is 1.90. The zero-order chi connectivity index (χ0) is 14.5. The molecule has 0 radical (unpaired) electrons. The molecule has 2 nitrogen and oxygen atoms in total. The van der Waals surface area contributed by atoms with Crippen LogP contribution in [0.1, 0.15) is 24.8 Å². The molecule has 5 rings (SSSR count). The molecule has 0 spiro atoms. The summed E-state index contributed by atoms with van der Waals surface area (Å²) >= 11 is 0. The summed E-state index contributed by atoms with van der Waals surface area (Å²) < 4.78 is 18.6. The standard InChI is InChI=1S/C18H19NOS/c1-14-6-5-7-16(10-14)19-21(20,17-8-3-2-4-9-17)18-11-15(12-18)13-18/h2-10,15H,11-13H2,1H3. The lowest BCUT2D eigenvalue weighted by atomic mass is 9.55. The molecule has 3 fully saturated rings. The van der Waals surface area contributed by atoms with Crippen molar-refractivity contribution in [2.24, 2.45) is 10.3 Å². The van der Waals surface area contributed by atoms with Crippen molar-refractivity contribution in [2.75, 3.05) is 0 Å². The first-order chi connectivity index (χ1) is 10.1. The maximum Gasteiger partial charge on any atom is 0.0859 e. The zero-order valence-corrected chi connectivity index (χ0v) is 13.0. The van der Waals surface area contributed by atoms with Crippen LogP contribution in [0.3, 0.4) is 0 Å². The van der Waals surface area contributed by atoms with Gasteiger partial charge in [-0.2, -0.15) is 4.36 Å². The minimum Gasteiger partial charge on any atom is -0.244 e. The predicted octanol–water partition coefficient (Wildman–Crippen LogP) is 4.71. The van der Waals surface area contributed by atoms with Crippen molar-refractivity contribution in [1.82, 2.24) is 0 Å². The van der Waals surface area contributed by atoms with E-state index >= 15 is 0 Å². The Morgan fingerprint density at radius 1 is 1.05 bits per heavy atom. The number of rotatable bonds is 3. The molecule has 21 heavy (non-hydrogen) atoms. The molecule has 3 aliphatic carbocycles. The van der Waals surface area contributed by atoms with Crippen molar-refractivity contribution in [3.63, 3.8) is 0 Å². The Bertz CT molecular complexity index is 786. The van der Waals surface area contributed by atoms with Gasteiger partial charge in [0.05, 0.1) is 20.2 Å². The van der Waals surface area contributed by atoms with Gasteiger partial charge in [-0.15, -0.1) is 0 Å². The maximum absolute atomic E-state index is 13.8. The third kappa shape index (κ3) is 1.87. The molecule has 3 aliphatic rings. The highest BCUT2D eigenvalue weighted by atomic mass is 32.2. The minimum absolute atomic E-state index is 0.0667. The summed E-state index contributed by atoms with van der Waals surface area (Å²) in [5.74, 6) is 0.794. The molecule has 3 heteroatoms. The van der Waals surface area contributed by atoms with Gasteiger partial charge in [-0.1, -0.05) is 30.3 Å². The quantitative estimate of drug-likeness (QED) is 0.807. The van der Waals surface area contributed by atoms with Crippen LogP contribution in [-0.4, -0.2) is 8.96 Å². The molecule has 0 aliphatic heterocycles. The van der Waals surface area contributed by atoms with Gasteiger partial charge in [0.25, 0.3) is 0 Å². The maximum atomic E-state index is 13.8. The van der Waals surface area contributed by atoms with E-state index in [9.17, 15) is 4.21 Å². The predicted molar refractivity (Wildman–Crippen MR) is 86.2 cm³/mol. The molecule has 2 bridgehead atoms. The van der Waals surface area contributed by atoms with Crippen LogP contribution in [0.5, 0.6) is 0 Å². The van der Waals surface area contributed by atoms with E-state index in [-0.39, 0.29) is 4.75 Å². The third-order valence-corrected chi connectivity index (χ3v) is 7.92. The molecule has 0 amide bonds. The highest BCUT2D eigenvalue weighted by Crippen LogP contribution is 2.64. The first-order valence-corrected chi connectivity index (χ1v) is 9.01. The minimum atomic E-state index is -2.39. The average molecular weight is 297 g/mol. The third-order valence-electron chi connectivity index (χ3n) is 4.87. The second kappa shape index (κ2) is 4.44. The lowest BCUT2D eigenvalue weighted by molar-refractivity contribution is 0.0516. The van der Waals surface area contributed by atoms with Crippen LogP contribution in [0.4, 0.5) is 5.69 Å². The Morgan fingerprint density at radius 3 is 2.33 bits per heavy atom. The van der Waals surface area contributed by atoms with Crippen LogP contribution in [0.2, 0.25) is 0 Å².